The fourth-order valence-corrected chi connectivity index (χ4v) is 3.96. The van der Waals surface area contributed by atoms with Gasteiger partial charge >= 0.3 is 5.97 Å². The number of carbonyl (C=O) groups is 1. The van der Waals surface area contributed by atoms with E-state index in [9.17, 15) is 15.0 Å². The van der Waals surface area contributed by atoms with Gasteiger partial charge in [0.2, 0.25) is 0 Å². The smallest absolute Gasteiger partial charge is 0.303 e. The van der Waals surface area contributed by atoms with Crippen LogP contribution >= 0.6 is 0 Å². The van der Waals surface area contributed by atoms with E-state index >= 15 is 0 Å². The highest BCUT2D eigenvalue weighted by atomic mass is 16.4. The number of unbranched alkanes of at least 4 members (excludes halogenated alkanes) is 1. The lowest BCUT2D eigenvalue weighted by molar-refractivity contribution is -0.139. The van der Waals surface area contributed by atoms with Gasteiger partial charge in [-0.05, 0) is 55.8 Å². The fraction of sp³-hybridized carbons (Fsp3) is 0.773. The number of carboxylic acid groups (broad SMARTS) is 1. The summed E-state index contributed by atoms with van der Waals surface area (Å²) in [4.78, 5) is 10.9. The standard InChI is InChI=1S/C22H38O4/c1-4-5-6-9-18(23)13-11-17-12-14-20(24)19(17)10-7-8-15-22(2,3)16-21(25)26/h5-6,11,13,17-20,23-24H,4,7-10,12,14-16H2,1-3H3,(H,25,26)/t17-,18?,19+,20-/m0/s1. The van der Waals surface area contributed by atoms with Gasteiger partial charge in [-0.2, -0.15) is 0 Å². The topological polar surface area (TPSA) is 77.8 Å². The van der Waals surface area contributed by atoms with Gasteiger partial charge < -0.3 is 15.3 Å². The zero-order valence-corrected chi connectivity index (χ0v) is 16.7. The number of rotatable bonds is 12. The highest BCUT2D eigenvalue weighted by molar-refractivity contribution is 5.67. The minimum absolute atomic E-state index is 0.171. The lowest BCUT2D eigenvalue weighted by Crippen LogP contribution is -2.19. The first-order valence-corrected chi connectivity index (χ1v) is 10.2. The van der Waals surface area contributed by atoms with E-state index in [0.29, 0.717) is 12.3 Å². The van der Waals surface area contributed by atoms with Gasteiger partial charge in [-0.15, -0.1) is 0 Å². The minimum atomic E-state index is -0.737. The second-order valence-electron chi connectivity index (χ2n) is 8.52. The first kappa shape index (κ1) is 22.9. The van der Waals surface area contributed by atoms with Crippen molar-refractivity contribution in [2.45, 2.75) is 90.8 Å². The Hall–Kier alpha value is -1.13. The monoisotopic (exact) mass is 366 g/mol. The van der Waals surface area contributed by atoms with Crippen LogP contribution in [-0.4, -0.2) is 33.5 Å². The van der Waals surface area contributed by atoms with Crippen LogP contribution in [0.5, 0.6) is 0 Å². The first-order valence-electron chi connectivity index (χ1n) is 10.2. The summed E-state index contributed by atoms with van der Waals surface area (Å²) in [6.45, 7) is 6.09. The van der Waals surface area contributed by atoms with Crippen molar-refractivity contribution in [3.63, 3.8) is 0 Å². The minimum Gasteiger partial charge on any atom is -0.481 e. The van der Waals surface area contributed by atoms with E-state index in [1.54, 1.807) is 0 Å². The third-order valence-electron chi connectivity index (χ3n) is 5.47. The molecule has 1 fully saturated rings. The lowest BCUT2D eigenvalue weighted by Gasteiger charge is -2.24. The predicted octanol–water partition coefficient (Wildman–Crippen LogP) is 4.71. The molecular formula is C22H38O4. The first-order chi connectivity index (χ1) is 12.2. The summed E-state index contributed by atoms with van der Waals surface area (Å²) in [5, 5.41) is 29.3. The molecule has 4 atom stereocenters. The predicted molar refractivity (Wildman–Crippen MR) is 106 cm³/mol. The molecule has 0 radical (unpaired) electrons. The van der Waals surface area contributed by atoms with Crippen LogP contribution in [0.1, 0.15) is 78.6 Å². The van der Waals surface area contributed by atoms with Gasteiger partial charge in [0.25, 0.3) is 0 Å². The van der Waals surface area contributed by atoms with Crippen LogP contribution in [0, 0.1) is 17.3 Å². The van der Waals surface area contributed by atoms with Crippen molar-refractivity contribution < 1.29 is 20.1 Å². The summed E-state index contributed by atoms with van der Waals surface area (Å²) in [5.74, 6) is -0.146. The molecule has 0 aliphatic heterocycles. The molecule has 1 aliphatic carbocycles. The number of hydrogen-bond donors (Lipinski definition) is 3. The summed E-state index contributed by atoms with van der Waals surface area (Å²) in [7, 11) is 0. The van der Waals surface area contributed by atoms with Gasteiger partial charge in [-0.25, -0.2) is 0 Å². The SMILES string of the molecule is CCC=CCC(O)C=C[C@H]1CC[C@H](O)[C@@H]1CCCCC(C)(C)CC(=O)O. The van der Waals surface area contributed by atoms with Crippen LogP contribution in [0.3, 0.4) is 0 Å². The maximum Gasteiger partial charge on any atom is 0.303 e. The van der Waals surface area contributed by atoms with E-state index in [1.807, 2.05) is 26.0 Å². The van der Waals surface area contributed by atoms with E-state index in [0.717, 1.165) is 44.9 Å². The zero-order chi connectivity index (χ0) is 19.6. The van der Waals surface area contributed by atoms with Crippen molar-refractivity contribution >= 4 is 5.97 Å². The van der Waals surface area contributed by atoms with Crippen LogP contribution in [0.2, 0.25) is 0 Å². The average molecular weight is 367 g/mol. The molecule has 150 valence electrons. The molecule has 0 spiro atoms. The molecule has 0 amide bonds. The molecule has 1 unspecified atom stereocenters. The molecule has 4 nitrogen and oxygen atoms in total. The summed E-state index contributed by atoms with van der Waals surface area (Å²) in [5.41, 5.74) is -0.171. The van der Waals surface area contributed by atoms with Crippen molar-refractivity contribution in [3.05, 3.63) is 24.3 Å². The molecular weight excluding hydrogens is 328 g/mol. The van der Waals surface area contributed by atoms with Gasteiger partial charge in [-0.1, -0.05) is 57.9 Å². The molecule has 1 aliphatic rings. The Morgan fingerprint density at radius 3 is 2.62 bits per heavy atom. The van der Waals surface area contributed by atoms with Crippen LogP contribution in [0.15, 0.2) is 24.3 Å². The second kappa shape index (κ2) is 11.6. The Morgan fingerprint density at radius 2 is 1.96 bits per heavy atom. The second-order valence-corrected chi connectivity index (χ2v) is 8.52. The number of allylic oxidation sites excluding steroid dienone is 2. The number of aliphatic hydroxyl groups excluding tert-OH is 2. The molecule has 4 heteroatoms. The highest BCUT2D eigenvalue weighted by Gasteiger charge is 2.33. The maximum absolute atomic E-state index is 10.9. The zero-order valence-electron chi connectivity index (χ0n) is 16.7. The van der Waals surface area contributed by atoms with Crippen molar-refractivity contribution in [2.24, 2.45) is 17.3 Å². The summed E-state index contributed by atoms with van der Waals surface area (Å²) in [6.07, 6.45) is 14.8. The number of aliphatic hydroxyl groups is 2. The van der Waals surface area contributed by atoms with Gasteiger partial charge in [-0.3, -0.25) is 4.79 Å². The summed E-state index contributed by atoms with van der Waals surface area (Å²) in [6, 6.07) is 0. The van der Waals surface area contributed by atoms with Crippen LogP contribution in [0.25, 0.3) is 0 Å². The van der Waals surface area contributed by atoms with E-state index in [2.05, 4.69) is 19.1 Å². The molecule has 1 saturated carbocycles. The van der Waals surface area contributed by atoms with Crippen LogP contribution in [-0.2, 0) is 4.79 Å². The van der Waals surface area contributed by atoms with Crippen molar-refractivity contribution in [2.75, 3.05) is 0 Å². The molecule has 26 heavy (non-hydrogen) atoms. The van der Waals surface area contributed by atoms with Gasteiger partial charge in [0.05, 0.1) is 18.6 Å². The van der Waals surface area contributed by atoms with Gasteiger partial charge in [0, 0.05) is 0 Å². The normalized spacial score (nSPS) is 25.3. The van der Waals surface area contributed by atoms with E-state index in [4.69, 9.17) is 5.11 Å². The number of aliphatic carboxylic acids is 1. The third kappa shape index (κ3) is 9.00. The highest BCUT2D eigenvalue weighted by Crippen LogP contribution is 2.37. The Kier molecular flexibility index (Phi) is 10.2. The molecule has 0 saturated heterocycles. The molecule has 0 aromatic carbocycles. The summed E-state index contributed by atoms with van der Waals surface area (Å²) < 4.78 is 0. The van der Waals surface area contributed by atoms with E-state index < -0.39 is 12.1 Å². The Morgan fingerprint density at radius 1 is 1.23 bits per heavy atom. The van der Waals surface area contributed by atoms with Crippen molar-refractivity contribution in [3.8, 4) is 0 Å². The van der Waals surface area contributed by atoms with E-state index in [-0.39, 0.29) is 23.9 Å². The van der Waals surface area contributed by atoms with Crippen LogP contribution in [0.4, 0.5) is 0 Å². The van der Waals surface area contributed by atoms with Gasteiger partial charge in [0.1, 0.15) is 0 Å². The Bertz CT molecular complexity index is 467. The Balaban J connectivity index is 2.41. The van der Waals surface area contributed by atoms with E-state index in [1.165, 1.54) is 0 Å². The van der Waals surface area contributed by atoms with Crippen molar-refractivity contribution in [1.82, 2.24) is 0 Å². The molecule has 0 heterocycles. The molecule has 0 bridgehead atoms. The molecule has 0 aromatic heterocycles. The molecule has 1 rings (SSSR count). The average Bonchev–Trinajstić information content (AvgIpc) is 2.89. The Labute approximate surface area is 159 Å². The molecule has 0 aromatic rings. The third-order valence-corrected chi connectivity index (χ3v) is 5.47. The maximum atomic E-state index is 10.9. The molecule has 3 N–H and O–H groups in total. The van der Waals surface area contributed by atoms with Crippen molar-refractivity contribution in [1.29, 1.82) is 0 Å². The lowest BCUT2D eigenvalue weighted by atomic mass is 9.82. The quantitative estimate of drug-likeness (QED) is 0.345. The number of hydrogen-bond acceptors (Lipinski definition) is 3. The van der Waals surface area contributed by atoms with Gasteiger partial charge in [0.15, 0.2) is 0 Å². The fourth-order valence-electron chi connectivity index (χ4n) is 3.96. The van der Waals surface area contributed by atoms with Crippen LogP contribution < -0.4 is 0 Å². The summed E-state index contributed by atoms with van der Waals surface area (Å²) >= 11 is 0. The largest absolute Gasteiger partial charge is 0.481 e. The number of carboxylic acids is 1.